The summed E-state index contributed by atoms with van der Waals surface area (Å²) in [5.41, 5.74) is 1.33. The van der Waals surface area contributed by atoms with E-state index in [4.69, 9.17) is 4.74 Å². The number of nitrogens with zero attached hydrogens (tertiary/aromatic N) is 2. The number of aliphatic carboxylic acids is 1. The Balaban J connectivity index is 1.65. The van der Waals surface area contributed by atoms with E-state index >= 15 is 0 Å². The summed E-state index contributed by atoms with van der Waals surface area (Å²) in [6, 6.07) is 5.75. The number of carbonyl (C=O) groups is 2. The molecule has 1 amide bonds. The van der Waals surface area contributed by atoms with Crippen molar-refractivity contribution in [2.75, 3.05) is 11.9 Å². The SMILES string of the molecule is CC(C)(C(=O)O)n1cc(NC(=O)Cc2ccc3c(c2)CCO3)cn1. The zero-order chi connectivity index (χ0) is 17.3. The fourth-order valence-electron chi connectivity index (χ4n) is 2.53. The first-order chi connectivity index (χ1) is 11.4. The maximum absolute atomic E-state index is 12.2. The summed E-state index contributed by atoms with van der Waals surface area (Å²) in [6.45, 7) is 3.77. The molecule has 7 nitrogen and oxygen atoms in total. The third-order valence-corrected chi connectivity index (χ3v) is 4.08. The second-order valence-electron chi connectivity index (χ2n) is 6.30. The van der Waals surface area contributed by atoms with Gasteiger partial charge in [-0.1, -0.05) is 12.1 Å². The van der Waals surface area contributed by atoms with Crippen LogP contribution in [0.25, 0.3) is 0 Å². The minimum Gasteiger partial charge on any atom is -0.493 e. The Bertz CT molecular complexity index is 795. The number of carbonyl (C=O) groups excluding carboxylic acids is 1. The van der Waals surface area contributed by atoms with Crippen LogP contribution in [0.3, 0.4) is 0 Å². The molecular weight excluding hydrogens is 310 g/mol. The van der Waals surface area contributed by atoms with Crippen molar-refractivity contribution >= 4 is 17.6 Å². The molecule has 126 valence electrons. The Morgan fingerprint density at radius 1 is 1.42 bits per heavy atom. The van der Waals surface area contributed by atoms with Crippen LogP contribution in [-0.4, -0.2) is 33.4 Å². The molecular formula is C17H19N3O4. The van der Waals surface area contributed by atoms with Crippen LogP contribution in [0.2, 0.25) is 0 Å². The first kappa shape index (κ1) is 16.0. The number of rotatable bonds is 5. The number of nitrogens with one attached hydrogen (secondary N) is 1. The van der Waals surface area contributed by atoms with Crippen LogP contribution < -0.4 is 10.1 Å². The van der Waals surface area contributed by atoms with E-state index in [2.05, 4.69) is 10.4 Å². The number of benzene rings is 1. The van der Waals surface area contributed by atoms with Crippen LogP contribution in [0, 0.1) is 0 Å². The lowest BCUT2D eigenvalue weighted by Gasteiger charge is -2.19. The van der Waals surface area contributed by atoms with Crippen molar-refractivity contribution < 1.29 is 19.4 Å². The molecule has 1 aliphatic rings. The van der Waals surface area contributed by atoms with E-state index in [0.717, 1.165) is 23.3 Å². The molecule has 0 fully saturated rings. The fraction of sp³-hybridized carbons (Fsp3) is 0.353. The van der Waals surface area contributed by atoms with E-state index in [0.29, 0.717) is 12.3 Å². The van der Waals surface area contributed by atoms with Gasteiger partial charge < -0.3 is 15.2 Å². The maximum atomic E-state index is 12.2. The number of aromatic nitrogens is 2. The number of hydrogen-bond acceptors (Lipinski definition) is 4. The molecule has 1 aliphatic heterocycles. The van der Waals surface area contributed by atoms with Gasteiger partial charge in [-0.3, -0.25) is 9.48 Å². The molecule has 0 bridgehead atoms. The maximum Gasteiger partial charge on any atom is 0.331 e. The van der Waals surface area contributed by atoms with Gasteiger partial charge in [0.05, 0.1) is 24.9 Å². The molecule has 0 aliphatic carbocycles. The van der Waals surface area contributed by atoms with Gasteiger partial charge in [0.15, 0.2) is 5.54 Å². The van der Waals surface area contributed by atoms with Crippen molar-refractivity contribution in [3.8, 4) is 5.75 Å². The Labute approximate surface area is 139 Å². The van der Waals surface area contributed by atoms with E-state index < -0.39 is 11.5 Å². The second kappa shape index (κ2) is 5.99. The predicted octanol–water partition coefficient (Wildman–Crippen LogP) is 1.82. The number of carboxylic acid groups (broad SMARTS) is 1. The van der Waals surface area contributed by atoms with Crippen LogP contribution in [0.4, 0.5) is 5.69 Å². The Morgan fingerprint density at radius 2 is 2.21 bits per heavy atom. The number of carboxylic acids is 1. The molecule has 7 heteroatoms. The van der Waals surface area contributed by atoms with Gasteiger partial charge in [-0.15, -0.1) is 0 Å². The van der Waals surface area contributed by atoms with Gasteiger partial charge >= 0.3 is 5.97 Å². The summed E-state index contributed by atoms with van der Waals surface area (Å²) < 4.78 is 6.77. The van der Waals surface area contributed by atoms with Crippen LogP contribution in [0.1, 0.15) is 25.0 Å². The van der Waals surface area contributed by atoms with Crippen molar-refractivity contribution in [1.29, 1.82) is 0 Å². The lowest BCUT2D eigenvalue weighted by atomic mass is 10.1. The smallest absolute Gasteiger partial charge is 0.331 e. The molecule has 0 saturated carbocycles. The minimum atomic E-state index is -1.18. The number of fused-ring (bicyclic) bond motifs is 1. The molecule has 0 spiro atoms. The van der Waals surface area contributed by atoms with Crippen molar-refractivity contribution in [3.05, 3.63) is 41.7 Å². The van der Waals surface area contributed by atoms with E-state index in [1.165, 1.54) is 17.1 Å². The molecule has 0 atom stereocenters. The van der Waals surface area contributed by atoms with Gasteiger partial charge in [0.1, 0.15) is 5.75 Å². The highest BCUT2D eigenvalue weighted by Gasteiger charge is 2.30. The number of anilines is 1. The van der Waals surface area contributed by atoms with Gasteiger partial charge in [0.2, 0.25) is 5.91 Å². The van der Waals surface area contributed by atoms with Gasteiger partial charge in [0, 0.05) is 12.6 Å². The van der Waals surface area contributed by atoms with Gasteiger partial charge in [-0.25, -0.2) is 4.79 Å². The molecule has 3 rings (SSSR count). The number of amides is 1. The molecule has 1 aromatic carbocycles. The first-order valence-electron chi connectivity index (χ1n) is 7.69. The van der Waals surface area contributed by atoms with Crippen molar-refractivity contribution in [1.82, 2.24) is 9.78 Å². The summed E-state index contributed by atoms with van der Waals surface area (Å²) in [5.74, 6) is -0.290. The van der Waals surface area contributed by atoms with Crippen LogP contribution >= 0.6 is 0 Å². The van der Waals surface area contributed by atoms with E-state index in [9.17, 15) is 14.7 Å². The standard InChI is InChI=1S/C17H19N3O4/c1-17(2,16(22)23)20-10-13(9-18-20)19-15(21)8-11-3-4-14-12(7-11)5-6-24-14/h3-4,7,9-10H,5-6,8H2,1-2H3,(H,19,21)(H,22,23). The highest BCUT2D eigenvalue weighted by molar-refractivity contribution is 5.92. The van der Waals surface area contributed by atoms with E-state index in [1.54, 1.807) is 13.8 Å². The molecule has 2 N–H and O–H groups in total. The molecule has 0 saturated heterocycles. The quantitative estimate of drug-likeness (QED) is 0.873. The lowest BCUT2D eigenvalue weighted by Crippen LogP contribution is -2.35. The fourth-order valence-corrected chi connectivity index (χ4v) is 2.53. The molecule has 1 aromatic heterocycles. The zero-order valence-electron chi connectivity index (χ0n) is 13.6. The topological polar surface area (TPSA) is 93.5 Å². The molecule has 0 unspecified atom stereocenters. The summed E-state index contributed by atoms with van der Waals surface area (Å²) in [5, 5.41) is 16.0. The number of hydrogen-bond donors (Lipinski definition) is 2. The van der Waals surface area contributed by atoms with Gasteiger partial charge in [0.25, 0.3) is 0 Å². The molecule has 0 radical (unpaired) electrons. The highest BCUT2D eigenvalue weighted by Crippen LogP contribution is 2.26. The Hall–Kier alpha value is -2.83. The summed E-state index contributed by atoms with van der Waals surface area (Å²) in [7, 11) is 0. The van der Waals surface area contributed by atoms with Crippen molar-refractivity contribution in [3.63, 3.8) is 0 Å². The lowest BCUT2D eigenvalue weighted by molar-refractivity contribution is -0.146. The van der Waals surface area contributed by atoms with Crippen LogP contribution in [0.15, 0.2) is 30.6 Å². The molecule has 24 heavy (non-hydrogen) atoms. The summed E-state index contributed by atoms with van der Waals surface area (Å²) >= 11 is 0. The average Bonchev–Trinajstić information content (AvgIpc) is 3.15. The summed E-state index contributed by atoms with van der Waals surface area (Å²) in [4.78, 5) is 23.4. The van der Waals surface area contributed by atoms with Crippen LogP contribution in [-0.2, 0) is 28.0 Å². The van der Waals surface area contributed by atoms with Gasteiger partial charge in [-0.2, -0.15) is 5.10 Å². The molecule has 2 aromatic rings. The third kappa shape index (κ3) is 3.10. The summed E-state index contributed by atoms with van der Waals surface area (Å²) in [6.07, 6.45) is 4.06. The Morgan fingerprint density at radius 3 is 2.96 bits per heavy atom. The minimum absolute atomic E-state index is 0.179. The van der Waals surface area contributed by atoms with Crippen LogP contribution in [0.5, 0.6) is 5.75 Å². The van der Waals surface area contributed by atoms with Crippen molar-refractivity contribution in [2.45, 2.75) is 32.2 Å². The second-order valence-corrected chi connectivity index (χ2v) is 6.30. The number of ether oxygens (including phenoxy) is 1. The highest BCUT2D eigenvalue weighted by atomic mass is 16.5. The Kier molecular flexibility index (Phi) is 4.01. The third-order valence-electron chi connectivity index (χ3n) is 4.08. The normalized spacial score (nSPS) is 13.2. The molecule has 2 heterocycles. The zero-order valence-corrected chi connectivity index (χ0v) is 13.6. The van der Waals surface area contributed by atoms with E-state index in [-0.39, 0.29) is 12.3 Å². The monoisotopic (exact) mass is 329 g/mol. The van der Waals surface area contributed by atoms with E-state index in [1.807, 2.05) is 18.2 Å². The predicted molar refractivity (Wildman–Crippen MR) is 87.2 cm³/mol. The van der Waals surface area contributed by atoms with Crippen molar-refractivity contribution in [2.24, 2.45) is 0 Å². The first-order valence-corrected chi connectivity index (χ1v) is 7.69. The average molecular weight is 329 g/mol. The largest absolute Gasteiger partial charge is 0.493 e. The van der Waals surface area contributed by atoms with Gasteiger partial charge in [-0.05, 0) is 31.0 Å².